The summed E-state index contributed by atoms with van der Waals surface area (Å²) in [7, 11) is 3.15. The molecule has 0 saturated carbocycles. The first kappa shape index (κ1) is 19.9. The lowest BCUT2D eigenvalue weighted by atomic mass is 10.2. The predicted octanol–water partition coefficient (Wildman–Crippen LogP) is 4.20. The molecule has 1 aromatic heterocycles. The average molecular weight is 390 g/mol. The van der Waals surface area contributed by atoms with E-state index in [2.05, 4.69) is 20.8 Å². The number of nitrogens with one attached hydrogen (secondary N) is 2. The number of methoxy groups -OCH3 is 2. The van der Waals surface area contributed by atoms with E-state index < -0.39 is 0 Å². The van der Waals surface area contributed by atoms with Gasteiger partial charge in [0.25, 0.3) is 0 Å². The Morgan fingerprint density at radius 1 is 0.897 bits per heavy atom. The molecule has 3 aromatic rings. The molecule has 0 bridgehead atoms. The third-order valence-corrected chi connectivity index (χ3v) is 4.06. The van der Waals surface area contributed by atoms with Gasteiger partial charge in [-0.05, 0) is 67.1 Å². The number of amides is 1. The summed E-state index contributed by atoms with van der Waals surface area (Å²) < 4.78 is 10.5. The van der Waals surface area contributed by atoms with Gasteiger partial charge in [0, 0.05) is 17.5 Å². The van der Waals surface area contributed by atoms with Crippen molar-refractivity contribution in [3.05, 3.63) is 71.9 Å². The summed E-state index contributed by atoms with van der Waals surface area (Å²) in [5.41, 5.74) is 3.22. The summed E-state index contributed by atoms with van der Waals surface area (Å²) in [5, 5.41) is 14.1. The molecule has 0 aliphatic heterocycles. The zero-order chi connectivity index (χ0) is 20.6. The molecule has 1 heterocycles. The second-order valence-electron chi connectivity index (χ2n) is 6.20. The minimum Gasteiger partial charge on any atom is -0.493 e. The van der Waals surface area contributed by atoms with Crippen molar-refractivity contribution in [3.63, 3.8) is 0 Å². The molecule has 0 fully saturated rings. The van der Waals surface area contributed by atoms with Crippen molar-refractivity contribution >= 4 is 29.2 Å². The number of ether oxygens (including phenoxy) is 2. The molecule has 0 radical (unpaired) electrons. The van der Waals surface area contributed by atoms with Gasteiger partial charge in [-0.2, -0.15) is 5.10 Å². The highest BCUT2D eigenvalue weighted by atomic mass is 16.5. The molecule has 0 atom stereocenters. The van der Waals surface area contributed by atoms with E-state index in [1.54, 1.807) is 32.4 Å². The van der Waals surface area contributed by atoms with Gasteiger partial charge in [-0.25, -0.2) is 0 Å². The number of hydrogen-bond donors (Lipinski definition) is 2. The summed E-state index contributed by atoms with van der Waals surface area (Å²) >= 11 is 0. The van der Waals surface area contributed by atoms with Crippen LogP contribution in [0.5, 0.6) is 11.5 Å². The molecule has 0 aliphatic rings. The van der Waals surface area contributed by atoms with Crippen LogP contribution in [0.1, 0.15) is 11.3 Å². The molecule has 2 N–H and O–H groups in total. The number of carbonyl (C=O) groups is 1. The summed E-state index contributed by atoms with van der Waals surface area (Å²) in [6.45, 7) is 1.88. The fourth-order valence-corrected chi connectivity index (χ4v) is 2.56. The molecule has 0 spiro atoms. The third kappa shape index (κ3) is 5.55. The van der Waals surface area contributed by atoms with Gasteiger partial charge < -0.3 is 20.1 Å². The first-order valence-corrected chi connectivity index (χ1v) is 8.96. The van der Waals surface area contributed by atoms with Crippen LogP contribution in [0.25, 0.3) is 6.08 Å². The van der Waals surface area contributed by atoms with Crippen molar-refractivity contribution in [3.8, 4) is 11.5 Å². The number of anilines is 3. The van der Waals surface area contributed by atoms with Gasteiger partial charge in [0.15, 0.2) is 17.3 Å². The minimum atomic E-state index is -0.232. The lowest BCUT2D eigenvalue weighted by Crippen LogP contribution is -2.07. The molecule has 3 rings (SSSR count). The topological polar surface area (TPSA) is 85.4 Å². The van der Waals surface area contributed by atoms with E-state index in [1.807, 2.05) is 49.4 Å². The number of aryl methyl sites for hydroxylation is 1. The molecular weight excluding hydrogens is 368 g/mol. The predicted molar refractivity (Wildman–Crippen MR) is 114 cm³/mol. The van der Waals surface area contributed by atoms with Crippen LogP contribution >= 0.6 is 0 Å². The van der Waals surface area contributed by atoms with E-state index >= 15 is 0 Å². The van der Waals surface area contributed by atoms with Crippen LogP contribution in [-0.2, 0) is 4.79 Å². The van der Waals surface area contributed by atoms with Crippen LogP contribution in [0.15, 0.2) is 60.7 Å². The van der Waals surface area contributed by atoms with Gasteiger partial charge in [-0.3, -0.25) is 4.79 Å². The van der Waals surface area contributed by atoms with Gasteiger partial charge in [-0.1, -0.05) is 6.07 Å². The number of aromatic nitrogens is 2. The van der Waals surface area contributed by atoms with Gasteiger partial charge in [0.2, 0.25) is 5.91 Å². The van der Waals surface area contributed by atoms with Crippen LogP contribution < -0.4 is 20.1 Å². The highest BCUT2D eigenvalue weighted by molar-refractivity contribution is 6.02. The molecule has 0 aliphatic carbocycles. The highest BCUT2D eigenvalue weighted by Crippen LogP contribution is 2.28. The molecule has 148 valence electrons. The van der Waals surface area contributed by atoms with Gasteiger partial charge in [0.05, 0.1) is 19.9 Å². The van der Waals surface area contributed by atoms with Crippen LogP contribution in [0.2, 0.25) is 0 Å². The Balaban J connectivity index is 1.59. The average Bonchev–Trinajstić information content (AvgIpc) is 2.75. The standard InChI is InChI=1S/C22H22N4O3/c1-15-4-12-21(26-25-15)23-17-7-9-18(10-8-17)24-22(27)13-6-16-5-11-19(28-2)20(14-16)29-3/h4-14H,1-3H3,(H,23,26)(H,24,27)/b13-6+. The monoisotopic (exact) mass is 390 g/mol. The summed E-state index contributed by atoms with van der Waals surface area (Å²) in [5.74, 6) is 1.67. The fraction of sp³-hybridized carbons (Fsp3) is 0.136. The maximum absolute atomic E-state index is 12.2. The van der Waals surface area contributed by atoms with Gasteiger partial charge in [-0.15, -0.1) is 5.10 Å². The van der Waals surface area contributed by atoms with Crippen molar-refractivity contribution in [1.82, 2.24) is 10.2 Å². The second kappa shape index (κ2) is 9.36. The van der Waals surface area contributed by atoms with E-state index in [1.165, 1.54) is 6.08 Å². The Morgan fingerprint density at radius 3 is 2.28 bits per heavy atom. The molecule has 7 nitrogen and oxygen atoms in total. The fourth-order valence-electron chi connectivity index (χ4n) is 2.56. The zero-order valence-corrected chi connectivity index (χ0v) is 16.5. The smallest absolute Gasteiger partial charge is 0.248 e. The Kier molecular flexibility index (Phi) is 6.42. The summed E-state index contributed by atoms with van der Waals surface area (Å²) in [6, 6.07) is 16.5. The van der Waals surface area contributed by atoms with Crippen molar-refractivity contribution in [1.29, 1.82) is 0 Å². The first-order chi connectivity index (χ1) is 14.1. The van der Waals surface area contributed by atoms with Crippen molar-refractivity contribution in [2.45, 2.75) is 6.92 Å². The number of nitrogens with zero attached hydrogens (tertiary/aromatic N) is 2. The zero-order valence-electron chi connectivity index (χ0n) is 16.5. The molecule has 0 unspecified atom stereocenters. The maximum atomic E-state index is 12.2. The Morgan fingerprint density at radius 2 is 1.62 bits per heavy atom. The van der Waals surface area contributed by atoms with Crippen LogP contribution in [-0.4, -0.2) is 30.3 Å². The summed E-state index contributed by atoms with van der Waals surface area (Å²) in [4.78, 5) is 12.2. The second-order valence-corrected chi connectivity index (χ2v) is 6.20. The van der Waals surface area contributed by atoms with Crippen molar-refractivity contribution < 1.29 is 14.3 Å². The molecule has 2 aromatic carbocycles. The Labute approximate surface area is 169 Å². The molecule has 29 heavy (non-hydrogen) atoms. The SMILES string of the molecule is COc1ccc(/C=C/C(=O)Nc2ccc(Nc3ccc(C)nn3)cc2)cc1OC. The van der Waals surface area contributed by atoms with Crippen LogP contribution in [0.3, 0.4) is 0 Å². The highest BCUT2D eigenvalue weighted by Gasteiger charge is 2.04. The van der Waals surface area contributed by atoms with E-state index in [-0.39, 0.29) is 5.91 Å². The molecule has 7 heteroatoms. The number of carbonyl (C=O) groups excluding carboxylic acids is 1. The quantitative estimate of drug-likeness (QED) is 0.588. The number of rotatable bonds is 7. The van der Waals surface area contributed by atoms with E-state index in [9.17, 15) is 4.79 Å². The number of hydrogen-bond acceptors (Lipinski definition) is 6. The molecular formula is C22H22N4O3. The lowest BCUT2D eigenvalue weighted by Gasteiger charge is -2.08. The normalized spacial score (nSPS) is 10.6. The minimum absolute atomic E-state index is 0.232. The van der Waals surface area contributed by atoms with Gasteiger partial charge in [0.1, 0.15) is 0 Å². The van der Waals surface area contributed by atoms with Crippen molar-refractivity contribution in [2.75, 3.05) is 24.9 Å². The Bertz CT molecular complexity index is 1000. The van der Waals surface area contributed by atoms with Crippen molar-refractivity contribution in [2.24, 2.45) is 0 Å². The van der Waals surface area contributed by atoms with Crippen LogP contribution in [0, 0.1) is 6.92 Å². The van der Waals surface area contributed by atoms with Gasteiger partial charge >= 0.3 is 0 Å². The first-order valence-electron chi connectivity index (χ1n) is 8.96. The summed E-state index contributed by atoms with van der Waals surface area (Å²) in [6.07, 6.45) is 3.18. The molecule has 0 saturated heterocycles. The van der Waals surface area contributed by atoms with E-state index in [0.717, 1.165) is 16.9 Å². The number of benzene rings is 2. The molecule has 1 amide bonds. The van der Waals surface area contributed by atoms with E-state index in [0.29, 0.717) is 23.0 Å². The van der Waals surface area contributed by atoms with E-state index in [4.69, 9.17) is 9.47 Å². The Hall–Kier alpha value is -3.87. The largest absolute Gasteiger partial charge is 0.493 e. The maximum Gasteiger partial charge on any atom is 0.248 e. The lowest BCUT2D eigenvalue weighted by molar-refractivity contribution is -0.111. The van der Waals surface area contributed by atoms with Crippen LogP contribution in [0.4, 0.5) is 17.2 Å². The third-order valence-electron chi connectivity index (χ3n) is 4.06.